The van der Waals surface area contributed by atoms with Gasteiger partial charge in [-0.1, -0.05) is 37.3 Å². The average Bonchev–Trinajstić information content (AvgIpc) is 3.40. The second kappa shape index (κ2) is 8.14. The predicted octanol–water partition coefficient (Wildman–Crippen LogP) is 5.10. The number of carbonyl (C=O) groups excluding carboxylic acids is 1. The minimum atomic E-state index is -4.48. The number of aryl methyl sites for hydroxylation is 1. The lowest BCUT2D eigenvalue weighted by molar-refractivity contribution is -0.173. The summed E-state index contributed by atoms with van der Waals surface area (Å²) in [5, 5.41) is 11.7. The van der Waals surface area contributed by atoms with Gasteiger partial charge in [0.25, 0.3) is 5.91 Å². The Kier molecular flexibility index (Phi) is 5.55. The summed E-state index contributed by atoms with van der Waals surface area (Å²) in [6.07, 6.45) is -2.62. The minimum Gasteiger partial charge on any atom is -0.363 e. The summed E-state index contributed by atoms with van der Waals surface area (Å²) in [5.41, 5.74) is 1.97. The molecule has 2 aromatic heterocycles. The second-order valence-electron chi connectivity index (χ2n) is 7.20. The van der Waals surface area contributed by atoms with Crippen LogP contribution >= 0.6 is 11.3 Å². The van der Waals surface area contributed by atoms with Gasteiger partial charge >= 0.3 is 6.18 Å². The van der Waals surface area contributed by atoms with Crippen LogP contribution in [0.3, 0.4) is 0 Å². The van der Waals surface area contributed by atoms with Gasteiger partial charge in [0.05, 0.1) is 18.8 Å². The molecule has 0 bridgehead atoms. The first-order valence-electron chi connectivity index (χ1n) is 9.67. The predicted molar refractivity (Wildman–Crippen MR) is 110 cm³/mol. The molecule has 0 fully saturated rings. The molecule has 158 valence electrons. The molecule has 0 saturated carbocycles. The number of anilines is 1. The Bertz CT molecular complexity index is 1010. The maximum Gasteiger partial charge on any atom is 0.410 e. The maximum absolute atomic E-state index is 13.8. The number of nitrogens with zero attached hydrogens (tertiary/aromatic N) is 2. The van der Waals surface area contributed by atoms with Gasteiger partial charge in [-0.3, -0.25) is 4.79 Å². The molecule has 9 heteroatoms. The number of aromatic nitrogens is 2. The molecule has 1 aliphatic heterocycles. The molecular weight excluding hydrogens is 413 g/mol. The molecule has 4 rings (SSSR count). The molecule has 2 N–H and O–H groups in total. The van der Waals surface area contributed by atoms with E-state index in [4.69, 9.17) is 0 Å². The number of fused-ring (bicyclic) bond motifs is 1. The molecule has 0 saturated heterocycles. The van der Waals surface area contributed by atoms with Gasteiger partial charge in [-0.2, -0.15) is 18.3 Å². The van der Waals surface area contributed by atoms with Crippen molar-refractivity contribution < 1.29 is 18.0 Å². The normalized spacial score (nSPS) is 18.5. The van der Waals surface area contributed by atoms with Crippen LogP contribution in [0.5, 0.6) is 0 Å². The molecule has 30 heavy (non-hydrogen) atoms. The summed E-state index contributed by atoms with van der Waals surface area (Å²) in [4.78, 5) is 13.6. The summed E-state index contributed by atoms with van der Waals surface area (Å²) in [6.45, 7) is 2.33. The van der Waals surface area contributed by atoms with Crippen molar-refractivity contribution in [1.82, 2.24) is 15.1 Å². The number of carbonyl (C=O) groups is 1. The third kappa shape index (κ3) is 4.07. The van der Waals surface area contributed by atoms with E-state index in [1.165, 1.54) is 17.5 Å². The molecular formula is C21H21F3N4OS. The second-order valence-corrected chi connectivity index (χ2v) is 8.23. The van der Waals surface area contributed by atoms with Crippen molar-refractivity contribution in [3.8, 4) is 0 Å². The van der Waals surface area contributed by atoms with Gasteiger partial charge in [0.2, 0.25) is 0 Å². The smallest absolute Gasteiger partial charge is 0.363 e. The van der Waals surface area contributed by atoms with Crippen molar-refractivity contribution in [2.75, 3.05) is 5.32 Å². The Morgan fingerprint density at radius 3 is 2.70 bits per heavy atom. The van der Waals surface area contributed by atoms with Crippen LogP contribution < -0.4 is 10.6 Å². The lowest BCUT2D eigenvalue weighted by Crippen LogP contribution is -2.36. The van der Waals surface area contributed by atoms with Gasteiger partial charge in [0, 0.05) is 11.3 Å². The van der Waals surface area contributed by atoms with Gasteiger partial charge in [0.1, 0.15) is 11.4 Å². The molecule has 1 aliphatic rings. The van der Waals surface area contributed by atoms with Gasteiger partial charge in [0.15, 0.2) is 6.04 Å². The fraction of sp³-hybridized carbons (Fsp3) is 0.333. The van der Waals surface area contributed by atoms with E-state index < -0.39 is 24.2 Å². The number of nitrogens with one attached hydrogen (secondary N) is 2. The van der Waals surface area contributed by atoms with Crippen LogP contribution in [0.1, 0.15) is 51.8 Å². The number of hydrogen-bond donors (Lipinski definition) is 2. The molecule has 1 amide bonds. The van der Waals surface area contributed by atoms with E-state index in [-0.39, 0.29) is 17.8 Å². The summed E-state index contributed by atoms with van der Waals surface area (Å²) >= 11 is 1.50. The van der Waals surface area contributed by atoms with Crippen LogP contribution in [0.4, 0.5) is 19.0 Å². The van der Waals surface area contributed by atoms with Crippen molar-refractivity contribution >= 4 is 23.1 Å². The van der Waals surface area contributed by atoms with Gasteiger partial charge in [-0.15, -0.1) is 11.3 Å². The molecule has 0 aliphatic carbocycles. The highest BCUT2D eigenvalue weighted by atomic mass is 32.1. The average molecular weight is 434 g/mol. The number of benzene rings is 1. The van der Waals surface area contributed by atoms with E-state index >= 15 is 0 Å². The van der Waals surface area contributed by atoms with Gasteiger partial charge in [-0.25, -0.2) is 4.68 Å². The van der Waals surface area contributed by atoms with Crippen LogP contribution in [0.15, 0.2) is 48.0 Å². The zero-order chi connectivity index (χ0) is 21.3. The third-order valence-corrected chi connectivity index (χ3v) is 6.15. The fourth-order valence-corrected chi connectivity index (χ4v) is 4.25. The SMILES string of the molecule is CCc1ccc([C@@H]2C[C@@H](C(F)(F)F)n3ncc(C(=O)NCc4cccs4)c3N2)cc1. The van der Waals surface area contributed by atoms with E-state index in [1.54, 1.807) is 0 Å². The largest absolute Gasteiger partial charge is 0.410 e. The number of halogens is 3. The molecule has 0 unspecified atom stereocenters. The number of alkyl halides is 3. The lowest BCUT2D eigenvalue weighted by Gasteiger charge is -2.34. The highest BCUT2D eigenvalue weighted by molar-refractivity contribution is 7.09. The highest BCUT2D eigenvalue weighted by Gasteiger charge is 2.47. The first-order valence-corrected chi connectivity index (χ1v) is 10.5. The Hall–Kier alpha value is -2.81. The Labute approximate surface area is 175 Å². The van der Waals surface area contributed by atoms with E-state index in [0.29, 0.717) is 6.54 Å². The van der Waals surface area contributed by atoms with E-state index in [0.717, 1.165) is 27.1 Å². The van der Waals surface area contributed by atoms with Crippen LogP contribution in [0.2, 0.25) is 0 Å². The molecule has 3 heterocycles. The van der Waals surface area contributed by atoms with Crippen LogP contribution in [-0.2, 0) is 13.0 Å². The zero-order valence-corrected chi connectivity index (χ0v) is 17.1. The topological polar surface area (TPSA) is 59.0 Å². The first-order chi connectivity index (χ1) is 14.4. The van der Waals surface area contributed by atoms with E-state index in [1.807, 2.05) is 48.7 Å². The minimum absolute atomic E-state index is 0.0943. The van der Waals surface area contributed by atoms with Crippen molar-refractivity contribution in [2.45, 2.75) is 44.6 Å². The maximum atomic E-state index is 13.8. The Balaban J connectivity index is 1.63. The standard InChI is InChI=1S/C21H21F3N4OS/c1-2-13-5-7-14(8-6-13)17-10-18(21(22,23)24)28-19(27-17)16(12-26-28)20(29)25-11-15-4-3-9-30-15/h3-9,12,17-18,27H,2,10-11H2,1H3,(H,25,29)/t17-,18-/m0/s1. The fourth-order valence-electron chi connectivity index (χ4n) is 3.61. The quantitative estimate of drug-likeness (QED) is 0.588. The van der Waals surface area contributed by atoms with E-state index in [2.05, 4.69) is 15.7 Å². The molecule has 5 nitrogen and oxygen atoms in total. The molecule has 0 spiro atoms. The highest BCUT2D eigenvalue weighted by Crippen LogP contribution is 2.44. The van der Waals surface area contributed by atoms with E-state index in [9.17, 15) is 18.0 Å². The third-order valence-electron chi connectivity index (χ3n) is 5.28. The summed E-state index contributed by atoms with van der Waals surface area (Å²) in [7, 11) is 0. The van der Waals surface area contributed by atoms with Gasteiger partial charge < -0.3 is 10.6 Å². The molecule has 0 radical (unpaired) electrons. The van der Waals surface area contributed by atoms with Gasteiger partial charge in [-0.05, 0) is 29.0 Å². The number of amides is 1. The van der Waals surface area contributed by atoms with Crippen molar-refractivity contribution in [2.24, 2.45) is 0 Å². The zero-order valence-electron chi connectivity index (χ0n) is 16.2. The number of rotatable bonds is 5. The molecule has 1 aromatic carbocycles. The summed E-state index contributed by atoms with van der Waals surface area (Å²) in [6, 6.07) is 8.89. The van der Waals surface area contributed by atoms with Crippen LogP contribution in [0.25, 0.3) is 0 Å². The monoisotopic (exact) mass is 434 g/mol. The number of thiophene rings is 1. The Morgan fingerprint density at radius 1 is 1.30 bits per heavy atom. The van der Waals surface area contributed by atoms with Crippen molar-refractivity contribution in [3.05, 3.63) is 69.5 Å². The summed E-state index contributed by atoms with van der Waals surface area (Å²) in [5.74, 6) is -0.364. The molecule has 3 aromatic rings. The van der Waals surface area contributed by atoms with Crippen molar-refractivity contribution in [1.29, 1.82) is 0 Å². The van der Waals surface area contributed by atoms with Crippen molar-refractivity contribution in [3.63, 3.8) is 0 Å². The van der Waals surface area contributed by atoms with Crippen LogP contribution in [-0.4, -0.2) is 21.9 Å². The van der Waals surface area contributed by atoms with Crippen LogP contribution in [0, 0.1) is 0 Å². The first kappa shape index (κ1) is 20.5. The number of hydrogen-bond acceptors (Lipinski definition) is 4. The lowest BCUT2D eigenvalue weighted by atomic mass is 9.95. The Morgan fingerprint density at radius 2 is 2.07 bits per heavy atom. The molecule has 2 atom stereocenters. The summed E-state index contributed by atoms with van der Waals surface area (Å²) < 4.78 is 42.2.